The number of benzene rings is 3. The van der Waals surface area contributed by atoms with E-state index in [0.29, 0.717) is 22.0 Å². The van der Waals surface area contributed by atoms with E-state index in [-0.39, 0.29) is 17.2 Å². The maximum atomic E-state index is 12.9. The van der Waals surface area contributed by atoms with E-state index in [2.05, 4.69) is 10.3 Å². The number of halogens is 1. The number of rotatable bonds is 7. The van der Waals surface area contributed by atoms with Gasteiger partial charge in [0.2, 0.25) is 5.91 Å². The lowest BCUT2D eigenvalue weighted by atomic mass is 10.0. The van der Waals surface area contributed by atoms with Gasteiger partial charge in [-0.05, 0) is 41.5 Å². The number of hydrogen-bond donors (Lipinski definition) is 2. The molecule has 0 unspecified atom stereocenters. The van der Waals surface area contributed by atoms with Gasteiger partial charge in [-0.15, -0.1) is 11.8 Å². The highest BCUT2D eigenvalue weighted by molar-refractivity contribution is 8.00. The third kappa shape index (κ3) is 4.98. The molecule has 0 aliphatic rings. The van der Waals surface area contributed by atoms with Crippen molar-refractivity contribution in [3.63, 3.8) is 0 Å². The number of carbonyl (C=O) groups is 1. The van der Waals surface area contributed by atoms with Crippen molar-refractivity contribution in [1.82, 2.24) is 10.3 Å². The fraction of sp³-hybridized carbons (Fsp3) is 0.120. The molecule has 7 heteroatoms. The Balaban J connectivity index is 1.57. The molecule has 0 fully saturated rings. The molecule has 32 heavy (non-hydrogen) atoms. The van der Waals surface area contributed by atoms with Crippen LogP contribution in [0.25, 0.3) is 22.0 Å². The minimum atomic E-state index is -0.230. The van der Waals surface area contributed by atoms with Crippen LogP contribution in [0.1, 0.15) is 5.56 Å². The minimum Gasteiger partial charge on any atom is -0.497 e. The van der Waals surface area contributed by atoms with E-state index in [0.717, 1.165) is 27.8 Å². The molecule has 0 radical (unpaired) electrons. The number of H-pyrrole nitrogens is 1. The van der Waals surface area contributed by atoms with E-state index < -0.39 is 0 Å². The van der Waals surface area contributed by atoms with Gasteiger partial charge in [-0.25, -0.2) is 0 Å². The van der Waals surface area contributed by atoms with Crippen molar-refractivity contribution in [3.8, 4) is 16.9 Å². The number of aromatic amines is 1. The Morgan fingerprint density at radius 2 is 1.81 bits per heavy atom. The van der Waals surface area contributed by atoms with E-state index in [4.69, 9.17) is 16.3 Å². The summed E-state index contributed by atoms with van der Waals surface area (Å²) >= 11 is 7.47. The van der Waals surface area contributed by atoms with Crippen LogP contribution >= 0.6 is 23.4 Å². The van der Waals surface area contributed by atoms with Gasteiger partial charge >= 0.3 is 0 Å². The van der Waals surface area contributed by atoms with Gasteiger partial charge in [0.15, 0.2) is 0 Å². The zero-order valence-electron chi connectivity index (χ0n) is 17.4. The second-order valence-corrected chi connectivity index (χ2v) is 8.55. The van der Waals surface area contributed by atoms with Crippen LogP contribution in [-0.2, 0) is 11.3 Å². The quantitative estimate of drug-likeness (QED) is 0.366. The van der Waals surface area contributed by atoms with Crippen LogP contribution in [0.2, 0.25) is 5.02 Å². The van der Waals surface area contributed by atoms with Crippen LogP contribution in [0.5, 0.6) is 5.75 Å². The lowest BCUT2D eigenvalue weighted by Gasteiger charge is -2.13. The Hall–Kier alpha value is -3.22. The SMILES string of the molecule is COc1ccc(CNC(=O)CSc2c(-c3ccccc3)c3cc(Cl)ccc3[nH]c2=O)cc1. The van der Waals surface area contributed by atoms with Crippen LogP contribution in [0, 0.1) is 0 Å². The van der Waals surface area contributed by atoms with Crippen LogP contribution in [0.4, 0.5) is 0 Å². The zero-order chi connectivity index (χ0) is 22.5. The number of fused-ring (bicyclic) bond motifs is 1. The Bertz CT molecular complexity index is 1300. The highest BCUT2D eigenvalue weighted by atomic mass is 35.5. The third-order valence-electron chi connectivity index (χ3n) is 4.99. The predicted molar refractivity (Wildman–Crippen MR) is 131 cm³/mol. The molecule has 2 N–H and O–H groups in total. The largest absolute Gasteiger partial charge is 0.497 e. The summed E-state index contributed by atoms with van der Waals surface area (Å²) < 4.78 is 5.15. The Morgan fingerprint density at radius 3 is 2.53 bits per heavy atom. The van der Waals surface area contributed by atoms with Gasteiger partial charge in [-0.2, -0.15) is 0 Å². The highest BCUT2D eigenvalue weighted by Crippen LogP contribution is 2.35. The molecule has 1 amide bonds. The highest BCUT2D eigenvalue weighted by Gasteiger charge is 2.17. The van der Waals surface area contributed by atoms with Crippen molar-refractivity contribution >= 4 is 40.2 Å². The fourth-order valence-electron chi connectivity index (χ4n) is 3.41. The van der Waals surface area contributed by atoms with Gasteiger partial charge in [0.05, 0.1) is 17.8 Å². The van der Waals surface area contributed by atoms with Crippen LogP contribution in [0.3, 0.4) is 0 Å². The Labute approximate surface area is 194 Å². The van der Waals surface area contributed by atoms with E-state index in [1.54, 1.807) is 19.2 Å². The van der Waals surface area contributed by atoms with Crippen molar-refractivity contribution in [2.45, 2.75) is 11.4 Å². The minimum absolute atomic E-state index is 0.116. The number of carbonyl (C=O) groups excluding carboxylic acids is 1. The summed E-state index contributed by atoms with van der Waals surface area (Å²) in [5.74, 6) is 0.723. The van der Waals surface area contributed by atoms with Crippen molar-refractivity contribution < 1.29 is 9.53 Å². The molecule has 4 aromatic rings. The topological polar surface area (TPSA) is 71.2 Å². The monoisotopic (exact) mass is 464 g/mol. The maximum Gasteiger partial charge on any atom is 0.262 e. The number of aromatic nitrogens is 1. The molecule has 0 aliphatic carbocycles. The fourth-order valence-corrected chi connectivity index (χ4v) is 4.51. The number of hydrogen-bond acceptors (Lipinski definition) is 4. The van der Waals surface area contributed by atoms with Gasteiger partial charge in [0.25, 0.3) is 5.56 Å². The third-order valence-corrected chi connectivity index (χ3v) is 6.31. The van der Waals surface area contributed by atoms with Crippen molar-refractivity contribution in [3.05, 3.63) is 93.7 Å². The number of ether oxygens (including phenoxy) is 1. The van der Waals surface area contributed by atoms with Crippen LogP contribution in [-0.4, -0.2) is 23.8 Å². The summed E-state index contributed by atoms with van der Waals surface area (Å²) in [7, 11) is 1.61. The maximum absolute atomic E-state index is 12.9. The van der Waals surface area contributed by atoms with Crippen molar-refractivity contribution in [2.24, 2.45) is 0 Å². The number of amides is 1. The first-order valence-corrected chi connectivity index (χ1v) is 11.3. The number of thioether (sulfide) groups is 1. The van der Waals surface area contributed by atoms with Crippen LogP contribution in [0.15, 0.2) is 82.5 Å². The van der Waals surface area contributed by atoms with Crippen molar-refractivity contribution in [2.75, 3.05) is 12.9 Å². The first kappa shape index (κ1) is 22.0. The number of nitrogens with one attached hydrogen (secondary N) is 2. The molecule has 0 aliphatic heterocycles. The molecule has 4 rings (SSSR count). The smallest absolute Gasteiger partial charge is 0.262 e. The summed E-state index contributed by atoms with van der Waals surface area (Å²) in [5, 5.41) is 4.31. The number of methoxy groups -OCH3 is 1. The van der Waals surface area contributed by atoms with Crippen molar-refractivity contribution in [1.29, 1.82) is 0 Å². The lowest BCUT2D eigenvalue weighted by molar-refractivity contribution is -0.118. The summed E-state index contributed by atoms with van der Waals surface area (Å²) in [6, 6.07) is 22.5. The molecule has 162 valence electrons. The molecule has 1 heterocycles. The zero-order valence-corrected chi connectivity index (χ0v) is 18.9. The average molecular weight is 465 g/mol. The summed E-state index contributed by atoms with van der Waals surface area (Å²) in [6.07, 6.45) is 0. The molecular weight excluding hydrogens is 444 g/mol. The first-order chi connectivity index (χ1) is 15.5. The van der Waals surface area contributed by atoms with Crippen LogP contribution < -0.4 is 15.6 Å². The van der Waals surface area contributed by atoms with Gasteiger partial charge in [0, 0.05) is 28.0 Å². The molecule has 0 saturated heterocycles. The van der Waals surface area contributed by atoms with Gasteiger partial charge in [0.1, 0.15) is 5.75 Å². The molecule has 5 nitrogen and oxygen atoms in total. The van der Waals surface area contributed by atoms with Gasteiger partial charge < -0.3 is 15.0 Å². The van der Waals surface area contributed by atoms with E-state index in [9.17, 15) is 9.59 Å². The van der Waals surface area contributed by atoms with E-state index >= 15 is 0 Å². The molecule has 3 aromatic carbocycles. The molecular formula is C25H21ClN2O3S. The average Bonchev–Trinajstić information content (AvgIpc) is 2.82. The second-order valence-electron chi connectivity index (χ2n) is 7.13. The summed E-state index contributed by atoms with van der Waals surface area (Å²) in [5.41, 5.74) is 3.11. The summed E-state index contributed by atoms with van der Waals surface area (Å²) in [4.78, 5) is 28.8. The Kier molecular flexibility index (Phi) is 6.83. The molecule has 0 saturated carbocycles. The second kappa shape index (κ2) is 9.94. The lowest BCUT2D eigenvalue weighted by Crippen LogP contribution is -2.25. The first-order valence-electron chi connectivity index (χ1n) is 9.98. The Morgan fingerprint density at radius 1 is 1.06 bits per heavy atom. The predicted octanol–water partition coefficient (Wildman–Crippen LogP) is 5.27. The summed E-state index contributed by atoms with van der Waals surface area (Å²) in [6.45, 7) is 0.401. The molecule has 1 aromatic heterocycles. The molecule has 0 atom stereocenters. The molecule has 0 bridgehead atoms. The molecule has 0 spiro atoms. The van der Waals surface area contributed by atoms with E-state index in [1.807, 2.05) is 60.7 Å². The van der Waals surface area contributed by atoms with Gasteiger partial charge in [-0.1, -0.05) is 54.1 Å². The number of pyridine rings is 1. The standard InChI is InChI=1S/C25H21ClN2O3S/c1-31-19-10-7-16(8-11-19)14-27-22(29)15-32-24-23(17-5-3-2-4-6-17)20-13-18(26)9-12-21(20)28-25(24)30/h2-13H,14-15H2,1H3,(H,27,29)(H,28,30). The van der Waals surface area contributed by atoms with E-state index in [1.165, 1.54) is 11.8 Å². The van der Waals surface area contributed by atoms with Gasteiger partial charge in [-0.3, -0.25) is 9.59 Å². The normalized spacial score (nSPS) is 10.8.